The maximum Gasteiger partial charge on any atom is 0.242 e. The molecule has 1 heterocycles. The summed E-state index contributed by atoms with van der Waals surface area (Å²) in [5, 5.41) is 3.26. The van der Waals surface area contributed by atoms with Gasteiger partial charge in [-0.2, -0.15) is 0 Å². The summed E-state index contributed by atoms with van der Waals surface area (Å²) < 4.78 is 27.2. The van der Waals surface area contributed by atoms with E-state index in [1.807, 2.05) is 20.8 Å². The highest BCUT2D eigenvalue weighted by Crippen LogP contribution is 2.26. The van der Waals surface area contributed by atoms with E-state index in [0.29, 0.717) is 29.8 Å². The number of nitrogens with one attached hydrogen (secondary N) is 2. The van der Waals surface area contributed by atoms with E-state index in [4.69, 9.17) is 11.6 Å². The van der Waals surface area contributed by atoms with Gasteiger partial charge >= 0.3 is 0 Å². The van der Waals surface area contributed by atoms with Crippen LogP contribution >= 0.6 is 11.6 Å². The minimum Gasteiger partial charge on any atom is -0.369 e. The molecule has 1 rings (SSSR count). The van der Waals surface area contributed by atoms with Gasteiger partial charge in [-0.15, -0.1) is 0 Å². The fourth-order valence-electron chi connectivity index (χ4n) is 1.43. The van der Waals surface area contributed by atoms with Crippen LogP contribution in [-0.4, -0.2) is 26.5 Å². The molecule has 5 nitrogen and oxygen atoms in total. The highest BCUT2D eigenvalue weighted by atomic mass is 35.5. The number of sulfonamides is 1. The van der Waals surface area contributed by atoms with E-state index in [-0.39, 0.29) is 10.3 Å². The highest BCUT2D eigenvalue weighted by Gasteiger charge is 2.25. The Bertz CT molecular complexity index is 586. The average molecular weight is 334 g/mol. The van der Waals surface area contributed by atoms with Crippen molar-refractivity contribution in [3.63, 3.8) is 0 Å². The number of aromatic nitrogens is 1. The van der Waals surface area contributed by atoms with Crippen molar-refractivity contribution in [2.75, 3.05) is 18.4 Å². The van der Waals surface area contributed by atoms with E-state index in [9.17, 15) is 8.42 Å². The van der Waals surface area contributed by atoms with Crippen LogP contribution in [0.15, 0.2) is 17.2 Å². The fourth-order valence-corrected chi connectivity index (χ4v) is 2.92. The summed E-state index contributed by atoms with van der Waals surface area (Å²) in [6.07, 6.45) is 1.31. The van der Waals surface area contributed by atoms with E-state index in [2.05, 4.69) is 28.9 Å². The zero-order valence-electron chi connectivity index (χ0n) is 13.2. The Labute approximate surface area is 132 Å². The molecular weight excluding hydrogens is 310 g/mol. The SMILES string of the molecule is CCNc1ncc(S(=O)(=O)NCC(C)(C)C(C)C)cc1Cl. The molecule has 0 saturated carbocycles. The summed E-state index contributed by atoms with van der Waals surface area (Å²) in [4.78, 5) is 4.13. The van der Waals surface area contributed by atoms with Gasteiger partial charge in [0.15, 0.2) is 0 Å². The second kappa shape index (κ2) is 6.94. The second-order valence-electron chi connectivity index (χ2n) is 6.00. The third kappa shape index (κ3) is 4.83. The van der Waals surface area contributed by atoms with Crippen LogP contribution in [0.1, 0.15) is 34.6 Å². The van der Waals surface area contributed by atoms with Crippen LogP contribution < -0.4 is 10.0 Å². The molecule has 0 unspecified atom stereocenters. The summed E-state index contributed by atoms with van der Waals surface area (Å²) >= 11 is 6.04. The van der Waals surface area contributed by atoms with E-state index in [1.54, 1.807) is 0 Å². The van der Waals surface area contributed by atoms with Crippen LogP contribution in [0, 0.1) is 11.3 Å². The zero-order valence-corrected chi connectivity index (χ0v) is 14.8. The average Bonchev–Trinajstić information content (AvgIpc) is 2.39. The quantitative estimate of drug-likeness (QED) is 0.804. The Morgan fingerprint density at radius 3 is 2.48 bits per heavy atom. The van der Waals surface area contributed by atoms with Gasteiger partial charge < -0.3 is 5.32 Å². The lowest BCUT2D eigenvalue weighted by Gasteiger charge is -2.29. The number of rotatable bonds is 7. The number of hydrogen-bond donors (Lipinski definition) is 2. The number of hydrogen-bond acceptors (Lipinski definition) is 4. The number of pyridine rings is 1. The van der Waals surface area contributed by atoms with Crippen LogP contribution in [0.2, 0.25) is 5.02 Å². The molecule has 0 aliphatic carbocycles. The van der Waals surface area contributed by atoms with Gasteiger partial charge in [0.25, 0.3) is 0 Å². The fraction of sp³-hybridized carbons (Fsp3) is 0.643. The molecule has 0 atom stereocenters. The summed E-state index contributed by atoms with van der Waals surface area (Å²) in [6, 6.07) is 1.41. The van der Waals surface area contributed by atoms with Crippen molar-refractivity contribution < 1.29 is 8.42 Å². The molecule has 1 aromatic rings. The lowest BCUT2D eigenvalue weighted by Crippen LogP contribution is -2.37. The monoisotopic (exact) mass is 333 g/mol. The Morgan fingerprint density at radius 2 is 2.00 bits per heavy atom. The summed E-state index contributed by atoms with van der Waals surface area (Å²) in [7, 11) is -3.61. The Kier molecular flexibility index (Phi) is 6.01. The lowest BCUT2D eigenvalue weighted by atomic mass is 9.81. The number of nitrogens with zero attached hydrogens (tertiary/aromatic N) is 1. The molecule has 0 aliphatic heterocycles. The topological polar surface area (TPSA) is 71.1 Å². The third-order valence-corrected chi connectivity index (χ3v) is 5.41. The first-order valence-electron chi connectivity index (χ1n) is 6.99. The predicted molar refractivity (Wildman–Crippen MR) is 87.2 cm³/mol. The molecule has 7 heteroatoms. The molecule has 120 valence electrons. The molecule has 0 spiro atoms. The van der Waals surface area contributed by atoms with E-state index in [0.717, 1.165) is 0 Å². The van der Waals surface area contributed by atoms with Crippen LogP contribution in [0.25, 0.3) is 0 Å². The molecule has 0 amide bonds. The van der Waals surface area contributed by atoms with E-state index in [1.165, 1.54) is 12.3 Å². The molecule has 0 aromatic carbocycles. The first-order chi connectivity index (χ1) is 9.60. The molecule has 0 saturated heterocycles. The number of anilines is 1. The molecule has 0 fully saturated rings. The highest BCUT2D eigenvalue weighted by molar-refractivity contribution is 7.89. The minimum absolute atomic E-state index is 0.0775. The van der Waals surface area contributed by atoms with Gasteiger partial charge in [0, 0.05) is 19.3 Å². The van der Waals surface area contributed by atoms with Crippen LogP contribution in [0.5, 0.6) is 0 Å². The van der Waals surface area contributed by atoms with Gasteiger partial charge in [0.1, 0.15) is 10.7 Å². The second-order valence-corrected chi connectivity index (χ2v) is 8.17. The Hall–Kier alpha value is -0.850. The van der Waals surface area contributed by atoms with E-state index < -0.39 is 10.0 Å². The van der Waals surface area contributed by atoms with Gasteiger partial charge in [-0.05, 0) is 24.3 Å². The van der Waals surface area contributed by atoms with Crippen molar-refractivity contribution >= 4 is 27.4 Å². The normalized spacial score (nSPS) is 12.7. The van der Waals surface area contributed by atoms with Crippen molar-refractivity contribution in [1.29, 1.82) is 0 Å². The van der Waals surface area contributed by atoms with Crippen LogP contribution in [0.4, 0.5) is 5.82 Å². The predicted octanol–water partition coefficient (Wildman–Crippen LogP) is 3.13. The van der Waals surface area contributed by atoms with Gasteiger partial charge in [-0.3, -0.25) is 0 Å². The molecule has 0 aliphatic rings. The smallest absolute Gasteiger partial charge is 0.242 e. The van der Waals surface area contributed by atoms with Gasteiger partial charge in [0.2, 0.25) is 10.0 Å². The van der Waals surface area contributed by atoms with Crippen molar-refractivity contribution in [1.82, 2.24) is 9.71 Å². The molecule has 21 heavy (non-hydrogen) atoms. The molecule has 2 N–H and O–H groups in total. The van der Waals surface area contributed by atoms with Gasteiger partial charge in [0.05, 0.1) is 5.02 Å². The summed E-state index contributed by atoms with van der Waals surface area (Å²) in [6.45, 7) is 11.1. The molecule has 0 radical (unpaired) electrons. The maximum absolute atomic E-state index is 12.3. The first kappa shape index (κ1) is 18.2. The van der Waals surface area contributed by atoms with Crippen molar-refractivity contribution in [3.05, 3.63) is 17.3 Å². The van der Waals surface area contributed by atoms with Crippen molar-refractivity contribution in [2.45, 2.75) is 39.5 Å². The molecular formula is C14H24ClN3O2S. The van der Waals surface area contributed by atoms with Gasteiger partial charge in [-0.25, -0.2) is 18.1 Å². The van der Waals surface area contributed by atoms with Crippen molar-refractivity contribution in [3.8, 4) is 0 Å². The first-order valence-corrected chi connectivity index (χ1v) is 8.85. The van der Waals surface area contributed by atoms with Gasteiger partial charge in [-0.1, -0.05) is 39.3 Å². The van der Waals surface area contributed by atoms with Crippen molar-refractivity contribution in [2.24, 2.45) is 11.3 Å². The standard InChI is InChI=1S/C14H24ClN3O2S/c1-6-16-13-12(15)7-11(8-17-13)21(19,20)18-9-14(4,5)10(2)3/h7-8,10,18H,6,9H2,1-5H3,(H,16,17). The minimum atomic E-state index is -3.61. The largest absolute Gasteiger partial charge is 0.369 e. The summed E-state index contributed by atoms with van der Waals surface area (Å²) in [5.41, 5.74) is -0.131. The molecule has 1 aromatic heterocycles. The zero-order chi connectivity index (χ0) is 16.3. The summed E-state index contributed by atoms with van der Waals surface area (Å²) in [5.74, 6) is 0.846. The molecule has 0 bridgehead atoms. The van der Waals surface area contributed by atoms with Crippen LogP contribution in [-0.2, 0) is 10.0 Å². The Balaban J connectivity index is 2.91. The Morgan fingerprint density at radius 1 is 1.38 bits per heavy atom. The maximum atomic E-state index is 12.3. The van der Waals surface area contributed by atoms with E-state index >= 15 is 0 Å². The van der Waals surface area contributed by atoms with Crippen LogP contribution in [0.3, 0.4) is 0 Å². The lowest BCUT2D eigenvalue weighted by molar-refractivity contribution is 0.252. The third-order valence-electron chi connectivity index (χ3n) is 3.75. The number of halogens is 1.